The summed E-state index contributed by atoms with van der Waals surface area (Å²) in [4.78, 5) is 6.97. The topological polar surface area (TPSA) is 25.8 Å². The lowest BCUT2D eigenvalue weighted by molar-refractivity contribution is 0.573. The smallest absolute Gasteiger partial charge is 0.231 e. The van der Waals surface area contributed by atoms with Crippen molar-refractivity contribution < 1.29 is 13.2 Å². The highest BCUT2D eigenvalue weighted by atomic mass is 19.1. The lowest BCUT2D eigenvalue weighted by Crippen LogP contribution is -1.92. The van der Waals surface area contributed by atoms with Crippen LogP contribution in [0.2, 0.25) is 0 Å². The maximum Gasteiger partial charge on any atom is 0.231 e. The molecule has 0 amide bonds. The van der Waals surface area contributed by atoms with Crippen molar-refractivity contribution in [1.29, 1.82) is 0 Å². The van der Waals surface area contributed by atoms with Crippen LogP contribution in [0.4, 0.5) is 13.2 Å². The van der Waals surface area contributed by atoms with Gasteiger partial charge in [0.2, 0.25) is 5.95 Å². The van der Waals surface area contributed by atoms with E-state index in [4.69, 9.17) is 0 Å². The summed E-state index contributed by atoms with van der Waals surface area (Å²) >= 11 is 0. The van der Waals surface area contributed by atoms with Crippen molar-refractivity contribution in [2.24, 2.45) is 0 Å². The van der Waals surface area contributed by atoms with E-state index in [0.29, 0.717) is 6.07 Å². The van der Waals surface area contributed by atoms with Gasteiger partial charge in [-0.15, -0.1) is 0 Å². The van der Waals surface area contributed by atoms with Gasteiger partial charge in [0.1, 0.15) is 11.6 Å². The fourth-order valence-corrected chi connectivity index (χ4v) is 1.17. The van der Waals surface area contributed by atoms with E-state index in [0.717, 1.165) is 12.3 Å². The molecule has 0 N–H and O–H groups in total. The number of hydrogen-bond acceptors (Lipinski definition) is 2. The summed E-state index contributed by atoms with van der Waals surface area (Å²) < 4.78 is 38.5. The standard InChI is InChI=1S/C10H5F3N2/c11-6-1-2-7(8(12)3-6)9-4-14-5-10(13)15-9/h1-5H. The summed E-state index contributed by atoms with van der Waals surface area (Å²) in [5.41, 5.74) is 0.0518. The molecule has 15 heavy (non-hydrogen) atoms. The summed E-state index contributed by atoms with van der Waals surface area (Å²) in [5, 5.41) is 0. The fraction of sp³-hybridized carbons (Fsp3) is 0. The van der Waals surface area contributed by atoms with Gasteiger partial charge in [-0.05, 0) is 12.1 Å². The normalized spacial score (nSPS) is 10.3. The van der Waals surface area contributed by atoms with Crippen molar-refractivity contribution in [3.8, 4) is 11.3 Å². The van der Waals surface area contributed by atoms with Gasteiger partial charge in [-0.1, -0.05) is 0 Å². The Morgan fingerprint density at radius 1 is 1.00 bits per heavy atom. The minimum Gasteiger partial charge on any atom is -0.258 e. The van der Waals surface area contributed by atoms with Crippen LogP contribution in [-0.2, 0) is 0 Å². The van der Waals surface area contributed by atoms with Crippen molar-refractivity contribution in [1.82, 2.24) is 9.97 Å². The molecule has 2 nitrogen and oxygen atoms in total. The van der Waals surface area contributed by atoms with E-state index in [2.05, 4.69) is 9.97 Å². The summed E-state index contributed by atoms with van der Waals surface area (Å²) in [5.74, 6) is -2.30. The molecule has 0 aliphatic heterocycles. The first kappa shape index (κ1) is 9.64. The average molecular weight is 210 g/mol. The molecule has 0 unspecified atom stereocenters. The molecule has 2 aromatic rings. The van der Waals surface area contributed by atoms with Gasteiger partial charge in [-0.2, -0.15) is 4.39 Å². The first-order chi connectivity index (χ1) is 7.16. The van der Waals surface area contributed by atoms with Crippen LogP contribution < -0.4 is 0 Å². The number of benzene rings is 1. The van der Waals surface area contributed by atoms with Gasteiger partial charge < -0.3 is 0 Å². The van der Waals surface area contributed by atoms with Crippen LogP contribution in [-0.4, -0.2) is 9.97 Å². The molecule has 1 aromatic heterocycles. The minimum atomic E-state index is -0.809. The highest BCUT2D eigenvalue weighted by Gasteiger charge is 2.08. The van der Waals surface area contributed by atoms with Gasteiger partial charge >= 0.3 is 0 Å². The summed E-state index contributed by atoms with van der Waals surface area (Å²) in [6.07, 6.45) is 2.12. The zero-order valence-electron chi connectivity index (χ0n) is 7.42. The Hall–Kier alpha value is -1.91. The second-order valence-electron chi connectivity index (χ2n) is 2.85. The van der Waals surface area contributed by atoms with Gasteiger partial charge in [0, 0.05) is 11.6 Å². The Morgan fingerprint density at radius 2 is 1.80 bits per heavy atom. The van der Waals surface area contributed by atoms with Gasteiger partial charge in [-0.25, -0.2) is 13.8 Å². The molecule has 0 fully saturated rings. The third-order valence-electron chi connectivity index (χ3n) is 1.81. The van der Waals surface area contributed by atoms with Crippen LogP contribution in [0, 0.1) is 17.6 Å². The van der Waals surface area contributed by atoms with E-state index in [-0.39, 0.29) is 11.3 Å². The first-order valence-electron chi connectivity index (χ1n) is 4.10. The predicted octanol–water partition coefficient (Wildman–Crippen LogP) is 2.56. The minimum absolute atomic E-state index is 0.0170. The Balaban J connectivity index is 2.54. The third kappa shape index (κ3) is 1.96. The van der Waals surface area contributed by atoms with Gasteiger partial charge in [0.05, 0.1) is 18.1 Å². The second-order valence-corrected chi connectivity index (χ2v) is 2.85. The highest BCUT2D eigenvalue weighted by Crippen LogP contribution is 2.20. The van der Waals surface area contributed by atoms with E-state index in [1.54, 1.807) is 0 Å². The zero-order chi connectivity index (χ0) is 10.8. The summed E-state index contributed by atoms with van der Waals surface area (Å²) in [6, 6.07) is 2.97. The number of rotatable bonds is 1. The zero-order valence-corrected chi connectivity index (χ0v) is 7.42. The van der Waals surface area contributed by atoms with Crippen molar-refractivity contribution in [3.05, 3.63) is 48.2 Å². The number of halogens is 3. The SMILES string of the molecule is Fc1ccc(-c2cncc(F)n2)c(F)c1. The lowest BCUT2D eigenvalue weighted by atomic mass is 10.1. The van der Waals surface area contributed by atoms with Crippen molar-refractivity contribution in [3.63, 3.8) is 0 Å². The maximum absolute atomic E-state index is 13.2. The molecule has 1 heterocycles. The van der Waals surface area contributed by atoms with Gasteiger partial charge in [-0.3, -0.25) is 4.98 Å². The quantitative estimate of drug-likeness (QED) is 0.722. The van der Waals surface area contributed by atoms with E-state index in [9.17, 15) is 13.2 Å². The number of aromatic nitrogens is 2. The van der Waals surface area contributed by atoms with Crippen LogP contribution in [0.25, 0.3) is 11.3 Å². The van der Waals surface area contributed by atoms with Gasteiger partial charge in [0.25, 0.3) is 0 Å². The van der Waals surface area contributed by atoms with Crippen molar-refractivity contribution in [2.75, 3.05) is 0 Å². The second kappa shape index (κ2) is 3.68. The Morgan fingerprint density at radius 3 is 2.47 bits per heavy atom. The molecule has 1 aromatic carbocycles. The summed E-state index contributed by atoms with van der Waals surface area (Å²) in [7, 11) is 0. The van der Waals surface area contributed by atoms with Crippen LogP contribution in [0.3, 0.4) is 0 Å². The molecule has 0 atom stereocenters. The molecular formula is C10H5F3N2. The van der Waals surface area contributed by atoms with Crippen LogP contribution in [0.15, 0.2) is 30.6 Å². The van der Waals surface area contributed by atoms with Crippen molar-refractivity contribution >= 4 is 0 Å². The molecular weight excluding hydrogens is 205 g/mol. The van der Waals surface area contributed by atoms with Crippen molar-refractivity contribution in [2.45, 2.75) is 0 Å². The monoisotopic (exact) mass is 210 g/mol. The molecule has 76 valence electrons. The number of hydrogen-bond donors (Lipinski definition) is 0. The molecule has 0 saturated carbocycles. The first-order valence-corrected chi connectivity index (χ1v) is 4.10. The predicted molar refractivity (Wildman–Crippen MR) is 47.3 cm³/mol. The Labute approximate surface area is 83.4 Å². The highest BCUT2D eigenvalue weighted by molar-refractivity contribution is 5.58. The molecule has 2 rings (SSSR count). The molecule has 0 saturated heterocycles. The van der Waals surface area contributed by atoms with Gasteiger partial charge in [0.15, 0.2) is 0 Å². The number of nitrogens with zero attached hydrogens (tertiary/aromatic N) is 2. The summed E-state index contributed by atoms with van der Waals surface area (Å²) in [6.45, 7) is 0. The maximum atomic E-state index is 13.2. The average Bonchev–Trinajstić information content (AvgIpc) is 2.17. The largest absolute Gasteiger partial charge is 0.258 e. The van der Waals surface area contributed by atoms with E-state index in [1.165, 1.54) is 12.3 Å². The van der Waals surface area contributed by atoms with E-state index >= 15 is 0 Å². The fourth-order valence-electron chi connectivity index (χ4n) is 1.17. The molecule has 0 aliphatic rings. The Kier molecular flexibility index (Phi) is 2.37. The van der Waals surface area contributed by atoms with Crippen LogP contribution in [0.1, 0.15) is 0 Å². The van der Waals surface area contributed by atoms with E-state index < -0.39 is 17.6 Å². The molecule has 0 aliphatic carbocycles. The molecule has 0 bridgehead atoms. The van der Waals surface area contributed by atoms with Crippen LogP contribution >= 0.6 is 0 Å². The van der Waals surface area contributed by atoms with Crippen LogP contribution in [0.5, 0.6) is 0 Å². The molecule has 0 spiro atoms. The lowest BCUT2D eigenvalue weighted by Gasteiger charge is -2.01. The molecule has 5 heteroatoms. The molecule has 0 radical (unpaired) electrons. The third-order valence-corrected chi connectivity index (χ3v) is 1.81. The Bertz CT molecular complexity index is 500. The van der Waals surface area contributed by atoms with E-state index in [1.807, 2.05) is 0 Å².